The smallest absolute Gasteiger partial charge is 0.433 e. The van der Waals surface area contributed by atoms with Gasteiger partial charge >= 0.3 is 12.1 Å². The highest BCUT2D eigenvalue weighted by atomic mass is 19.4. The van der Waals surface area contributed by atoms with Crippen LogP contribution in [0.4, 0.5) is 13.2 Å². The number of hydrogen-bond donors (Lipinski definition) is 2. The molecule has 2 aromatic heterocycles. The summed E-state index contributed by atoms with van der Waals surface area (Å²) in [5.74, 6) is -1.33. The molecule has 0 bridgehead atoms. The van der Waals surface area contributed by atoms with E-state index in [0.29, 0.717) is 0 Å². The predicted molar refractivity (Wildman–Crippen MR) is 130 cm³/mol. The number of benzene rings is 2. The maximum Gasteiger partial charge on any atom is 0.433 e. The van der Waals surface area contributed by atoms with Crippen LogP contribution in [0.3, 0.4) is 0 Å². The van der Waals surface area contributed by atoms with E-state index >= 15 is 0 Å². The van der Waals surface area contributed by atoms with Crippen LogP contribution in [0.15, 0.2) is 59.0 Å². The van der Waals surface area contributed by atoms with E-state index in [1.807, 2.05) is 6.07 Å². The number of esters is 1. The first kappa shape index (κ1) is 26.6. The maximum atomic E-state index is 13.3. The molecular formula is C26H23F3N4O5. The zero-order valence-corrected chi connectivity index (χ0v) is 20.3. The van der Waals surface area contributed by atoms with Crippen LogP contribution in [-0.2, 0) is 28.7 Å². The zero-order chi connectivity index (χ0) is 27.4. The average molecular weight is 528 g/mol. The van der Waals surface area contributed by atoms with Gasteiger partial charge in [0.2, 0.25) is 5.89 Å². The van der Waals surface area contributed by atoms with Gasteiger partial charge in [-0.15, -0.1) is 0 Å². The van der Waals surface area contributed by atoms with Crippen LogP contribution >= 0.6 is 0 Å². The van der Waals surface area contributed by atoms with Gasteiger partial charge in [-0.25, -0.2) is 14.8 Å². The number of carbonyl (C=O) groups is 2. The maximum absolute atomic E-state index is 13.3. The lowest BCUT2D eigenvalue weighted by molar-refractivity contribution is -0.143. The van der Waals surface area contributed by atoms with Crippen LogP contribution in [0.25, 0.3) is 22.4 Å². The number of nitrogens with one attached hydrogen (secondary N) is 1. The van der Waals surface area contributed by atoms with E-state index in [1.165, 1.54) is 32.4 Å². The van der Waals surface area contributed by atoms with Gasteiger partial charge in [0.15, 0.2) is 11.5 Å². The molecule has 2 aromatic carbocycles. The lowest BCUT2D eigenvalue weighted by Gasteiger charge is -2.16. The van der Waals surface area contributed by atoms with Gasteiger partial charge < -0.3 is 24.9 Å². The van der Waals surface area contributed by atoms with Crippen molar-refractivity contribution in [2.75, 3.05) is 14.2 Å². The number of nitrogens with two attached hydrogens (primary N) is 1. The Morgan fingerprint density at radius 2 is 1.79 bits per heavy atom. The molecule has 4 aromatic rings. The second-order valence-electron chi connectivity index (χ2n) is 8.14. The molecule has 4 rings (SSSR count). The number of nitrogens with zero attached hydrogens (tertiary/aromatic N) is 2. The third kappa shape index (κ3) is 5.44. The van der Waals surface area contributed by atoms with Crippen LogP contribution in [0.2, 0.25) is 0 Å². The topological polar surface area (TPSA) is 130 Å². The molecule has 0 spiro atoms. The Morgan fingerprint density at radius 1 is 1.05 bits per heavy atom. The van der Waals surface area contributed by atoms with E-state index < -0.39 is 29.8 Å². The van der Waals surface area contributed by atoms with E-state index in [1.54, 1.807) is 24.3 Å². The van der Waals surface area contributed by atoms with E-state index in [-0.39, 0.29) is 52.5 Å². The van der Waals surface area contributed by atoms with Crippen molar-refractivity contribution in [1.82, 2.24) is 15.3 Å². The van der Waals surface area contributed by atoms with Gasteiger partial charge in [-0.05, 0) is 29.8 Å². The summed E-state index contributed by atoms with van der Waals surface area (Å²) in [4.78, 5) is 33.5. The largest absolute Gasteiger partial charge is 0.494 e. The fraction of sp³-hybridized carbons (Fsp3) is 0.231. The molecule has 198 valence electrons. The number of aromatic nitrogens is 2. The second-order valence-corrected chi connectivity index (χ2v) is 8.14. The van der Waals surface area contributed by atoms with Crippen molar-refractivity contribution in [1.29, 1.82) is 0 Å². The number of amides is 1. The summed E-state index contributed by atoms with van der Waals surface area (Å²) in [7, 11) is 2.52. The SMILES string of the molecule is COC(=O)C(Cc1ccccc1)NC(=O)c1nc(-c2ccc(OC)c3nc(C(F)(F)F)ccc23)oc1CN. The van der Waals surface area contributed by atoms with Crippen LogP contribution in [0.5, 0.6) is 5.75 Å². The normalized spacial score (nSPS) is 12.3. The number of oxazole rings is 1. The Balaban J connectivity index is 1.71. The highest BCUT2D eigenvalue weighted by Gasteiger charge is 2.33. The molecule has 1 unspecified atom stereocenters. The Kier molecular flexibility index (Phi) is 7.62. The van der Waals surface area contributed by atoms with Gasteiger partial charge in [0, 0.05) is 17.4 Å². The molecule has 0 saturated carbocycles. The predicted octanol–water partition coefficient (Wildman–Crippen LogP) is 3.89. The average Bonchev–Trinajstić information content (AvgIpc) is 3.35. The lowest BCUT2D eigenvalue weighted by Crippen LogP contribution is -2.43. The molecule has 1 atom stereocenters. The first-order chi connectivity index (χ1) is 18.2. The number of pyridine rings is 1. The second kappa shape index (κ2) is 10.9. The molecule has 1 amide bonds. The fourth-order valence-corrected chi connectivity index (χ4v) is 3.90. The Morgan fingerprint density at radius 3 is 2.42 bits per heavy atom. The van der Waals surface area contributed by atoms with Crippen LogP contribution in [-0.4, -0.2) is 42.1 Å². The minimum absolute atomic E-state index is 0.0182. The van der Waals surface area contributed by atoms with Gasteiger partial charge in [0.25, 0.3) is 5.91 Å². The van der Waals surface area contributed by atoms with E-state index in [0.717, 1.165) is 11.6 Å². The van der Waals surface area contributed by atoms with Crippen molar-refractivity contribution in [3.05, 3.63) is 77.3 Å². The summed E-state index contributed by atoms with van der Waals surface area (Å²) in [6.07, 6.45) is -4.50. The first-order valence-electron chi connectivity index (χ1n) is 11.3. The molecular weight excluding hydrogens is 505 g/mol. The standard InChI is InChI=1S/C26H23F3N4O5/c1-36-18-10-8-16(15-9-11-20(26(27,28)29)32-21(15)18)24-33-22(19(13-30)38-24)23(34)31-17(25(35)37-2)12-14-6-4-3-5-7-14/h3-11,17H,12-13,30H2,1-2H3,(H,31,34). The zero-order valence-electron chi connectivity index (χ0n) is 20.3. The van der Waals surface area contributed by atoms with Gasteiger partial charge in [-0.3, -0.25) is 4.79 Å². The molecule has 9 nitrogen and oxygen atoms in total. The van der Waals surface area contributed by atoms with Gasteiger partial charge in [0.05, 0.1) is 20.8 Å². The molecule has 0 aliphatic heterocycles. The van der Waals surface area contributed by atoms with Crippen LogP contribution in [0.1, 0.15) is 27.5 Å². The first-order valence-corrected chi connectivity index (χ1v) is 11.3. The summed E-state index contributed by atoms with van der Waals surface area (Å²) in [6.45, 7) is -0.206. The summed E-state index contributed by atoms with van der Waals surface area (Å²) in [5.41, 5.74) is 5.51. The van der Waals surface area contributed by atoms with E-state index in [2.05, 4.69) is 15.3 Å². The Labute approximate surface area is 214 Å². The number of halogens is 3. The van der Waals surface area contributed by atoms with Gasteiger partial charge in [0.1, 0.15) is 23.0 Å². The fourth-order valence-electron chi connectivity index (χ4n) is 3.90. The van der Waals surface area contributed by atoms with Crippen molar-refractivity contribution in [3.63, 3.8) is 0 Å². The van der Waals surface area contributed by atoms with Crippen LogP contribution in [0, 0.1) is 0 Å². The lowest BCUT2D eigenvalue weighted by atomic mass is 10.1. The van der Waals surface area contributed by atoms with Crippen molar-refractivity contribution in [2.24, 2.45) is 5.73 Å². The van der Waals surface area contributed by atoms with E-state index in [9.17, 15) is 22.8 Å². The summed E-state index contributed by atoms with van der Waals surface area (Å²) in [5, 5.41) is 2.86. The number of rotatable bonds is 8. The summed E-state index contributed by atoms with van der Waals surface area (Å²) >= 11 is 0. The van der Waals surface area contributed by atoms with Crippen molar-refractivity contribution >= 4 is 22.8 Å². The Hall–Kier alpha value is -4.45. The quantitative estimate of drug-likeness (QED) is 0.330. The molecule has 0 fully saturated rings. The number of alkyl halides is 3. The number of hydrogen-bond acceptors (Lipinski definition) is 8. The van der Waals surface area contributed by atoms with Crippen molar-refractivity contribution < 1.29 is 36.7 Å². The highest BCUT2D eigenvalue weighted by molar-refractivity contribution is 5.99. The van der Waals surface area contributed by atoms with Crippen molar-refractivity contribution in [2.45, 2.75) is 25.2 Å². The summed E-state index contributed by atoms with van der Waals surface area (Å²) < 4.78 is 55.6. The highest BCUT2D eigenvalue weighted by Crippen LogP contribution is 2.37. The van der Waals surface area contributed by atoms with Gasteiger partial charge in [-0.1, -0.05) is 30.3 Å². The summed E-state index contributed by atoms with van der Waals surface area (Å²) in [6, 6.07) is 13.0. The minimum atomic E-state index is -4.66. The molecule has 0 radical (unpaired) electrons. The third-order valence-corrected chi connectivity index (χ3v) is 5.73. The number of methoxy groups -OCH3 is 2. The van der Waals surface area contributed by atoms with Crippen LogP contribution < -0.4 is 15.8 Å². The third-order valence-electron chi connectivity index (χ3n) is 5.73. The Bertz CT molecular complexity index is 1470. The molecule has 3 N–H and O–H groups in total. The van der Waals surface area contributed by atoms with E-state index in [4.69, 9.17) is 19.6 Å². The number of ether oxygens (including phenoxy) is 2. The molecule has 12 heteroatoms. The number of carbonyl (C=O) groups excluding carboxylic acids is 2. The van der Waals surface area contributed by atoms with Gasteiger partial charge in [-0.2, -0.15) is 13.2 Å². The molecule has 0 aliphatic carbocycles. The monoisotopic (exact) mass is 528 g/mol. The van der Waals surface area contributed by atoms with Crippen molar-refractivity contribution in [3.8, 4) is 17.2 Å². The minimum Gasteiger partial charge on any atom is -0.494 e. The molecule has 0 aliphatic rings. The molecule has 38 heavy (non-hydrogen) atoms. The molecule has 0 saturated heterocycles. The molecule has 2 heterocycles. The number of fused-ring (bicyclic) bond motifs is 1.